The molecule has 0 saturated carbocycles. The molecule has 0 atom stereocenters. The quantitative estimate of drug-likeness (QED) is 0.0359. The summed E-state index contributed by atoms with van der Waals surface area (Å²) in [5, 5.41) is -4.20. The van der Waals surface area contributed by atoms with Gasteiger partial charge in [0, 0.05) is 20.1 Å². The molecule has 0 aliphatic heterocycles. The van der Waals surface area contributed by atoms with Crippen LogP contribution >= 0.6 is 10.3 Å². The zero-order valence-corrected chi connectivity index (χ0v) is 34.4. The Morgan fingerprint density at radius 3 is 1.61 bits per heavy atom. The van der Waals surface area contributed by atoms with Crippen molar-refractivity contribution in [1.29, 1.82) is 0 Å². The van der Waals surface area contributed by atoms with E-state index < -0.39 is 41.8 Å². The highest BCUT2D eigenvalue weighted by Gasteiger charge is 2.59. The Bertz CT molecular complexity index is 2220. The van der Waals surface area contributed by atoms with Crippen LogP contribution in [-0.4, -0.2) is 46.3 Å². The van der Waals surface area contributed by atoms with E-state index in [9.17, 15) is 21.6 Å². The van der Waals surface area contributed by atoms with Crippen molar-refractivity contribution in [3.63, 3.8) is 0 Å². The molecule has 0 saturated heterocycles. The summed E-state index contributed by atoms with van der Waals surface area (Å²) in [5.74, 6) is -2.17. The van der Waals surface area contributed by atoms with Gasteiger partial charge in [0.1, 0.15) is 0 Å². The third-order valence-electron chi connectivity index (χ3n) is 9.34. The van der Waals surface area contributed by atoms with Crippen molar-refractivity contribution in [3.8, 4) is 0 Å². The van der Waals surface area contributed by atoms with Crippen LogP contribution in [0, 0.1) is 6.92 Å². The highest BCUT2D eigenvalue weighted by atomic mass is 32.3. The van der Waals surface area contributed by atoms with Crippen LogP contribution in [0.15, 0.2) is 141 Å². The highest BCUT2D eigenvalue weighted by molar-refractivity contribution is 8.33. The van der Waals surface area contributed by atoms with Crippen LogP contribution in [0.1, 0.15) is 76.2 Å². The van der Waals surface area contributed by atoms with Gasteiger partial charge in [-0.05, 0) is 84.7 Å². The van der Waals surface area contributed by atoms with Gasteiger partial charge in [0.15, 0.2) is 5.03 Å². The van der Waals surface area contributed by atoms with E-state index in [0.717, 1.165) is 62.3 Å². The number of aromatic nitrogens is 1. The molecule has 0 fully saturated rings. The Morgan fingerprint density at radius 2 is 1.05 bits per heavy atom. The SMILES string of the molecule is Cc1ccc(S(OS(=O)(=O)C(F)(F)C(=O)OCCCCCCCCCCCCCOS(=O)(=O)c2ccc3ccccc3n2)(c2ccccc2)c2ccccc2)cc1. The van der Waals surface area contributed by atoms with Gasteiger partial charge < -0.3 is 4.74 Å². The number of carbonyl (C=O) groups excluding carboxylic acids is 1. The van der Waals surface area contributed by atoms with Crippen LogP contribution in [0.25, 0.3) is 10.9 Å². The minimum absolute atomic E-state index is 0.0926. The van der Waals surface area contributed by atoms with E-state index in [0.29, 0.717) is 39.5 Å². The van der Waals surface area contributed by atoms with E-state index in [1.165, 1.54) is 6.07 Å². The molecule has 0 N–H and O–H groups in total. The first-order chi connectivity index (χ1) is 27.4. The lowest BCUT2D eigenvalue weighted by Crippen LogP contribution is -2.41. The summed E-state index contributed by atoms with van der Waals surface area (Å²) in [6.07, 6.45) is 9.16. The fourth-order valence-corrected chi connectivity index (χ4v) is 12.2. The Balaban J connectivity index is 0.996. The van der Waals surface area contributed by atoms with Crippen LogP contribution < -0.4 is 0 Å². The maximum atomic E-state index is 15.5. The number of pyridine rings is 1. The zero-order chi connectivity index (χ0) is 40.8. The molecule has 1 heterocycles. The number of rotatable bonds is 23. The van der Waals surface area contributed by atoms with Gasteiger partial charge in [-0.2, -0.15) is 25.6 Å². The second kappa shape index (κ2) is 20.5. The van der Waals surface area contributed by atoms with Crippen molar-refractivity contribution < 1.29 is 43.0 Å². The van der Waals surface area contributed by atoms with Crippen molar-refractivity contribution in [2.75, 3.05) is 13.2 Å². The smallest absolute Gasteiger partial charge is 0.460 e. The lowest BCUT2D eigenvalue weighted by atomic mass is 10.1. The molecule has 0 radical (unpaired) electrons. The summed E-state index contributed by atoms with van der Waals surface area (Å²) in [6, 6.07) is 33.9. The Kier molecular flexibility index (Phi) is 15.8. The third kappa shape index (κ3) is 11.5. The zero-order valence-electron chi connectivity index (χ0n) is 31.9. The lowest BCUT2D eigenvalue weighted by Gasteiger charge is -2.39. The second-order valence-electron chi connectivity index (χ2n) is 13.7. The molecule has 0 spiro atoms. The number of fused-ring (bicyclic) bond motifs is 1. The van der Waals surface area contributed by atoms with Gasteiger partial charge in [-0.1, -0.05) is 130 Å². The minimum Gasteiger partial charge on any atom is -0.460 e. The van der Waals surface area contributed by atoms with Crippen LogP contribution in [0.5, 0.6) is 0 Å². The summed E-state index contributed by atoms with van der Waals surface area (Å²) in [5.41, 5.74) is 1.47. The third-order valence-corrected chi connectivity index (χ3v) is 15.7. The molecule has 5 aromatic rings. The molecule has 57 heavy (non-hydrogen) atoms. The van der Waals surface area contributed by atoms with Crippen LogP contribution in [0.2, 0.25) is 0 Å². The number of esters is 1. The minimum atomic E-state index is -5.87. The van der Waals surface area contributed by atoms with Crippen molar-refractivity contribution in [3.05, 3.63) is 127 Å². The first-order valence-electron chi connectivity index (χ1n) is 19.1. The second-order valence-corrected chi connectivity index (χ2v) is 19.7. The molecule has 4 aromatic carbocycles. The molecule has 14 heteroatoms. The first kappa shape index (κ1) is 43.9. The number of unbranched alkanes of at least 4 members (excludes halogenated alkanes) is 10. The Morgan fingerprint density at radius 1 is 0.579 bits per heavy atom. The van der Waals surface area contributed by atoms with Gasteiger partial charge in [-0.15, -0.1) is 0 Å². The number of hydrogen-bond donors (Lipinski definition) is 0. The van der Waals surface area contributed by atoms with E-state index >= 15 is 8.78 Å². The number of nitrogens with zero attached hydrogens (tertiary/aromatic N) is 1. The van der Waals surface area contributed by atoms with Gasteiger partial charge in [0.25, 0.3) is 0 Å². The molecule has 0 amide bonds. The Labute approximate surface area is 336 Å². The number of alkyl halides is 2. The summed E-state index contributed by atoms with van der Waals surface area (Å²) in [6.45, 7) is 1.61. The number of benzene rings is 4. The molecule has 0 unspecified atom stereocenters. The van der Waals surface area contributed by atoms with Crippen molar-refractivity contribution >= 4 is 47.4 Å². The number of para-hydroxylation sites is 1. The van der Waals surface area contributed by atoms with Gasteiger partial charge in [-0.25, -0.2) is 13.4 Å². The van der Waals surface area contributed by atoms with Crippen molar-refractivity contribution in [1.82, 2.24) is 4.98 Å². The number of aryl methyl sites for hydroxylation is 1. The normalized spacial score (nSPS) is 12.8. The number of ether oxygens (including phenoxy) is 1. The molecule has 1 aromatic heterocycles. The molecule has 9 nitrogen and oxygen atoms in total. The standard InChI is InChI=1S/C43H49F2NO8S3/c1-35-27-30-39(31-28-35)55(37-22-13-11-14-23-37,38-24-15-12-16-25-38)54-57(50,51)43(44,45)42(47)52-33-19-9-7-5-3-2-4-6-8-10-20-34-53-56(48,49)41-32-29-36-21-17-18-26-40(36)46-41/h11-18,21-32H,2-10,19-20,33-34H2,1H3. The van der Waals surface area contributed by atoms with Crippen LogP contribution in [0.4, 0.5) is 8.78 Å². The van der Waals surface area contributed by atoms with E-state index in [-0.39, 0.29) is 18.2 Å². The van der Waals surface area contributed by atoms with Crippen LogP contribution in [0.3, 0.4) is 0 Å². The topological polar surface area (TPSA) is 126 Å². The molecule has 5 rings (SSSR count). The maximum Gasteiger partial charge on any atom is 0.466 e. The van der Waals surface area contributed by atoms with Gasteiger partial charge >= 0.3 is 31.5 Å². The fourth-order valence-electron chi connectivity index (χ4n) is 6.22. The van der Waals surface area contributed by atoms with Crippen LogP contribution in [-0.2, 0) is 37.6 Å². The average Bonchev–Trinajstić information content (AvgIpc) is 3.22. The largest absolute Gasteiger partial charge is 0.466 e. The maximum absolute atomic E-state index is 15.5. The summed E-state index contributed by atoms with van der Waals surface area (Å²) >= 11 is 0. The monoisotopic (exact) mass is 841 g/mol. The van der Waals surface area contributed by atoms with E-state index in [4.69, 9.17) is 12.5 Å². The predicted octanol–water partition coefficient (Wildman–Crippen LogP) is 10.9. The highest BCUT2D eigenvalue weighted by Crippen LogP contribution is 2.70. The number of hydrogen-bond acceptors (Lipinski definition) is 9. The van der Waals surface area contributed by atoms with E-state index in [2.05, 4.69) is 4.98 Å². The molecular weight excluding hydrogens is 793 g/mol. The molecule has 0 bridgehead atoms. The Hall–Kier alpha value is -4.21. The van der Waals surface area contributed by atoms with E-state index in [1.807, 2.05) is 19.1 Å². The van der Waals surface area contributed by atoms with Gasteiger partial charge in [0.2, 0.25) is 0 Å². The first-order valence-corrected chi connectivity index (χ1v) is 23.5. The molecule has 0 aliphatic rings. The average molecular weight is 842 g/mol. The fraction of sp³-hybridized carbons (Fsp3) is 0.349. The summed E-state index contributed by atoms with van der Waals surface area (Å²) in [7, 11) is -13.1. The van der Waals surface area contributed by atoms with E-state index in [1.54, 1.807) is 103 Å². The van der Waals surface area contributed by atoms with Gasteiger partial charge in [-0.3, -0.25) is 4.18 Å². The number of halogens is 2. The lowest BCUT2D eigenvalue weighted by molar-refractivity contribution is -0.161. The van der Waals surface area contributed by atoms with Gasteiger partial charge in [0.05, 0.1) is 18.7 Å². The molecule has 0 aliphatic carbocycles. The van der Waals surface area contributed by atoms with Crippen molar-refractivity contribution in [2.24, 2.45) is 0 Å². The summed E-state index contributed by atoms with van der Waals surface area (Å²) < 4.78 is 98.7. The van der Waals surface area contributed by atoms with Crippen molar-refractivity contribution in [2.45, 2.75) is 103 Å². The summed E-state index contributed by atoms with van der Waals surface area (Å²) in [4.78, 5) is 17.9. The molecule has 306 valence electrons. The number of carbonyl (C=O) groups is 1. The predicted molar refractivity (Wildman–Crippen MR) is 218 cm³/mol. The molecular formula is C43H49F2NO8S3.